The van der Waals surface area contributed by atoms with Crippen molar-refractivity contribution in [3.63, 3.8) is 0 Å². The van der Waals surface area contributed by atoms with E-state index in [1.165, 1.54) is 83.5 Å². The van der Waals surface area contributed by atoms with Crippen molar-refractivity contribution in [1.29, 1.82) is 0 Å². The summed E-state index contributed by atoms with van der Waals surface area (Å²) in [6, 6.07) is 0. The first-order chi connectivity index (χ1) is 40.6. The molecular formula is C71H120O12. The summed E-state index contributed by atoms with van der Waals surface area (Å²) in [6.07, 6.45) is 63.9. The van der Waals surface area contributed by atoms with E-state index in [0.29, 0.717) is 19.3 Å². The van der Waals surface area contributed by atoms with Gasteiger partial charge in [-0.3, -0.25) is 14.4 Å². The van der Waals surface area contributed by atoms with Gasteiger partial charge in [-0.15, -0.1) is 0 Å². The monoisotopic (exact) mass is 1160 g/mol. The zero-order valence-corrected chi connectivity index (χ0v) is 52.7. The summed E-state index contributed by atoms with van der Waals surface area (Å²) in [5.41, 5.74) is 0. The predicted molar refractivity (Wildman–Crippen MR) is 340 cm³/mol. The Bertz CT molecular complexity index is 1760. The van der Waals surface area contributed by atoms with Gasteiger partial charge in [-0.05, 0) is 109 Å². The average molecular weight is 1170 g/mol. The molecule has 6 atom stereocenters. The summed E-state index contributed by atoms with van der Waals surface area (Å²) in [4.78, 5) is 51.4. The highest BCUT2D eigenvalue weighted by Gasteiger charge is 2.50. The van der Waals surface area contributed by atoms with E-state index >= 15 is 0 Å². The van der Waals surface area contributed by atoms with Crippen LogP contribution in [0, 0.1) is 0 Å². The Labute approximate surface area is 505 Å². The number of aliphatic carboxylic acids is 1. The molecule has 12 nitrogen and oxygen atoms in total. The van der Waals surface area contributed by atoms with Gasteiger partial charge >= 0.3 is 23.9 Å². The molecule has 0 aromatic carbocycles. The minimum atomic E-state index is -1.91. The number of carbonyl (C=O) groups is 4. The van der Waals surface area contributed by atoms with Gasteiger partial charge in [-0.2, -0.15) is 0 Å². The number of carbonyl (C=O) groups excluding carboxylic acids is 3. The molecule has 0 aromatic heterocycles. The molecule has 1 rings (SSSR count). The molecule has 0 bridgehead atoms. The molecule has 0 aliphatic carbocycles. The molecule has 476 valence electrons. The van der Waals surface area contributed by atoms with Crippen molar-refractivity contribution in [3.8, 4) is 0 Å². The fourth-order valence-corrected chi connectivity index (χ4v) is 9.86. The zero-order valence-electron chi connectivity index (χ0n) is 52.7. The van der Waals surface area contributed by atoms with Gasteiger partial charge in [-0.1, -0.05) is 247 Å². The summed E-state index contributed by atoms with van der Waals surface area (Å²) < 4.78 is 28.6. The van der Waals surface area contributed by atoms with Crippen molar-refractivity contribution < 1.29 is 58.2 Å². The van der Waals surface area contributed by atoms with Crippen molar-refractivity contribution in [2.45, 2.75) is 327 Å². The van der Waals surface area contributed by atoms with E-state index in [-0.39, 0.29) is 25.9 Å². The van der Waals surface area contributed by atoms with Crippen LogP contribution in [0.3, 0.4) is 0 Å². The molecule has 1 fully saturated rings. The van der Waals surface area contributed by atoms with Gasteiger partial charge < -0.3 is 39.0 Å². The lowest BCUT2D eigenvalue weighted by atomic mass is 9.98. The number of allylic oxidation sites excluding steroid dienone is 14. The van der Waals surface area contributed by atoms with Crippen LogP contribution < -0.4 is 0 Å². The molecule has 3 N–H and O–H groups in total. The number of carboxylic acid groups (broad SMARTS) is 1. The maximum atomic E-state index is 13.2. The predicted octanol–water partition coefficient (Wildman–Crippen LogP) is 18.2. The lowest BCUT2D eigenvalue weighted by molar-refractivity contribution is -0.301. The standard InChI is InChI=1S/C71H120O12/c1-4-7-10-13-16-19-22-25-28-31-32-35-36-39-42-45-48-51-54-57-63(72)79-60-62(81-64(73)58-55-52-49-46-43-40-37-33-29-26-23-20-17-14-11-8-5-2)61-80-71-69(67(76)66(75)68(83-71)70(77)78)82-65(74)59-56-53-50-47-44-41-38-34-30-27-24-21-18-15-12-9-6-3/h8-9,11-12,17-18,20-21,25-30,62,66-69,71,75-76H,4-7,10,13-16,19,22-24,31-61H2,1-3H3,(H,77,78)/b11-8-,12-9-,20-17-,21-18-,28-25-,29-26-,30-27-. The molecule has 0 amide bonds. The second-order valence-electron chi connectivity index (χ2n) is 22.7. The summed E-state index contributed by atoms with van der Waals surface area (Å²) in [5.74, 6) is -3.14. The third kappa shape index (κ3) is 47.8. The molecule has 0 spiro atoms. The Morgan fingerprint density at radius 3 is 1.17 bits per heavy atom. The summed E-state index contributed by atoms with van der Waals surface area (Å²) in [7, 11) is 0. The van der Waals surface area contributed by atoms with Crippen molar-refractivity contribution in [2.24, 2.45) is 0 Å². The van der Waals surface area contributed by atoms with Crippen molar-refractivity contribution in [2.75, 3.05) is 13.2 Å². The highest BCUT2D eigenvalue weighted by molar-refractivity contribution is 5.74. The highest BCUT2D eigenvalue weighted by Crippen LogP contribution is 2.27. The Morgan fingerprint density at radius 2 is 0.759 bits per heavy atom. The van der Waals surface area contributed by atoms with Crippen molar-refractivity contribution in [3.05, 3.63) is 85.1 Å². The smallest absolute Gasteiger partial charge is 0.335 e. The van der Waals surface area contributed by atoms with Crippen molar-refractivity contribution >= 4 is 23.9 Å². The molecule has 83 heavy (non-hydrogen) atoms. The molecule has 1 heterocycles. The van der Waals surface area contributed by atoms with E-state index in [1.807, 2.05) is 0 Å². The molecule has 0 aromatic rings. The SMILES string of the molecule is CC/C=C\C/C=C\C/C=C\CCCCCCCCCC(=O)OC(COC(=O)CCCCCCCCCCC/C=C\CCCCCCCC)COC1OC(C(=O)O)C(O)C(O)C1OC(=O)CCCCCCCCC/C=C\C/C=C\C/C=C\CC. The van der Waals surface area contributed by atoms with E-state index in [1.54, 1.807) is 0 Å². The van der Waals surface area contributed by atoms with Crippen LogP contribution in [0.1, 0.15) is 290 Å². The Kier molecular flexibility index (Phi) is 54.0. The number of hydrogen-bond acceptors (Lipinski definition) is 11. The van der Waals surface area contributed by atoms with Gasteiger partial charge in [0.25, 0.3) is 0 Å². The van der Waals surface area contributed by atoms with Gasteiger partial charge in [0.2, 0.25) is 0 Å². The number of rotatable bonds is 57. The molecule has 1 aliphatic rings. The molecule has 6 unspecified atom stereocenters. The first-order valence-electron chi connectivity index (χ1n) is 33.6. The van der Waals surface area contributed by atoms with E-state index < -0.39 is 67.3 Å². The first kappa shape index (κ1) is 76.9. The molecular weight excluding hydrogens is 1040 g/mol. The van der Waals surface area contributed by atoms with Crippen LogP contribution in [-0.4, -0.2) is 89.2 Å². The third-order valence-corrected chi connectivity index (χ3v) is 14.9. The quantitative estimate of drug-likeness (QED) is 0.0228. The number of esters is 3. The lowest BCUT2D eigenvalue weighted by Gasteiger charge is -2.40. The number of ether oxygens (including phenoxy) is 5. The zero-order chi connectivity index (χ0) is 60.3. The summed E-state index contributed by atoms with van der Waals surface area (Å²) in [5, 5.41) is 31.6. The van der Waals surface area contributed by atoms with Crippen LogP contribution in [0.2, 0.25) is 0 Å². The first-order valence-corrected chi connectivity index (χ1v) is 33.6. The van der Waals surface area contributed by atoms with Crippen LogP contribution in [-0.2, 0) is 42.9 Å². The number of hydrogen-bond donors (Lipinski definition) is 3. The number of aliphatic hydroxyl groups is 2. The normalized spacial score (nSPS) is 18.1. The molecule has 1 saturated heterocycles. The number of unbranched alkanes of at least 4 members (excludes halogenated alkanes) is 29. The lowest BCUT2D eigenvalue weighted by Crippen LogP contribution is -2.61. The minimum Gasteiger partial charge on any atom is -0.479 e. The van der Waals surface area contributed by atoms with Crippen LogP contribution >= 0.6 is 0 Å². The summed E-state index contributed by atoms with van der Waals surface area (Å²) >= 11 is 0. The maximum Gasteiger partial charge on any atom is 0.335 e. The van der Waals surface area contributed by atoms with Gasteiger partial charge in [0.05, 0.1) is 6.61 Å². The Hall–Kier alpha value is -4.10. The molecule has 0 radical (unpaired) electrons. The average Bonchev–Trinajstić information content (AvgIpc) is 3.59. The van der Waals surface area contributed by atoms with Gasteiger partial charge in [0.1, 0.15) is 18.8 Å². The van der Waals surface area contributed by atoms with Crippen LogP contribution in [0.5, 0.6) is 0 Å². The minimum absolute atomic E-state index is 0.0458. The third-order valence-electron chi connectivity index (χ3n) is 14.9. The van der Waals surface area contributed by atoms with Gasteiger partial charge in [-0.25, -0.2) is 4.79 Å². The Balaban J connectivity index is 2.65. The second kappa shape index (κ2) is 58.3. The number of carboxylic acids is 1. The Morgan fingerprint density at radius 1 is 0.410 bits per heavy atom. The fraction of sp³-hybridized carbons (Fsp3) is 0.746. The topological polar surface area (TPSA) is 175 Å². The van der Waals surface area contributed by atoms with Gasteiger partial charge in [0.15, 0.2) is 24.6 Å². The second-order valence-corrected chi connectivity index (χ2v) is 22.7. The number of aliphatic hydroxyl groups excluding tert-OH is 2. The highest BCUT2D eigenvalue weighted by atomic mass is 16.7. The molecule has 1 aliphatic heterocycles. The van der Waals surface area contributed by atoms with E-state index in [2.05, 4.69) is 106 Å². The van der Waals surface area contributed by atoms with Crippen molar-refractivity contribution in [1.82, 2.24) is 0 Å². The van der Waals surface area contributed by atoms with E-state index in [9.17, 15) is 34.5 Å². The molecule has 0 saturated carbocycles. The maximum absolute atomic E-state index is 13.2. The summed E-state index contributed by atoms with van der Waals surface area (Å²) in [6.45, 7) is 5.79. The van der Waals surface area contributed by atoms with Crippen LogP contribution in [0.4, 0.5) is 0 Å². The van der Waals surface area contributed by atoms with E-state index in [0.717, 1.165) is 148 Å². The molecule has 12 heteroatoms. The van der Waals surface area contributed by atoms with E-state index in [4.69, 9.17) is 23.7 Å². The van der Waals surface area contributed by atoms with Crippen LogP contribution in [0.15, 0.2) is 85.1 Å². The fourth-order valence-electron chi connectivity index (χ4n) is 9.86. The van der Waals surface area contributed by atoms with Crippen LogP contribution in [0.25, 0.3) is 0 Å². The largest absolute Gasteiger partial charge is 0.479 e. The van der Waals surface area contributed by atoms with Gasteiger partial charge in [0, 0.05) is 19.3 Å².